The van der Waals surface area contributed by atoms with Gasteiger partial charge in [0.15, 0.2) is 0 Å². The van der Waals surface area contributed by atoms with Gasteiger partial charge in [0.2, 0.25) is 10.0 Å². The molecule has 0 aliphatic carbocycles. The Morgan fingerprint density at radius 2 is 1.71 bits per heavy atom. The van der Waals surface area contributed by atoms with Crippen LogP contribution in [0.25, 0.3) is 0 Å². The molecule has 41 heavy (non-hydrogen) atoms. The van der Waals surface area contributed by atoms with Crippen LogP contribution in [0.4, 0.5) is 5.69 Å². The monoisotopic (exact) mass is 621 g/mol. The van der Waals surface area contributed by atoms with Gasteiger partial charge in [0.25, 0.3) is 15.9 Å². The Kier molecular flexibility index (Phi) is 9.29. The SMILES string of the molecule is C[C@H]1CN([C@@H](C)CO)C(=O)c2cc(NS(=O)(=O)c3ccccc3)ccc2O[C@@H]1CN(C)S(=O)(=O)c1ccc(Cl)cc1. The van der Waals surface area contributed by atoms with Crippen molar-refractivity contribution in [1.29, 1.82) is 0 Å². The number of likely N-dealkylation sites (N-methyl/N-ethyl adjacent to an activating group) is 1. The smallest absolute Gasteiger partial charge is 0.261 e. The number of nitrogens with zero attached hydrogens (tertiary/aromatic N) is 2. The second kappa shape index (κ2) is 12.4. The average Bonchev–Trinajstić information content (AvgIpc) is 2.95. The molecule has 3 aromatic carbocycles. The number of fused-ring (bicyclic) bond motifs is 1. The molecule has 2 N–H and O–H groups in total. The van der Waals surface area contributed by atoms with Gasteiger partial charge in [-0.25, -0.2) is 16.8 Å². The maximum Gasteiger partial charge on any atom is 0.261 e. The van der Waals surface area contributed by atoms with Crippen molar-refractivity contribution >= 4 is 43.2 Å². The zero-order chi connectivity index (χ0) is 29.9. The number of ether oxygens (including phenoxy) is 1. The molecule has 4 rings (SSSR count). The minimum atomic E-state index is -3.93. The van der Waals surface area contributed by atoms with Crippen molar-refractivity contribution < 1.29 is 31.5 Å². The third-order valence-corrected chi connectivity index (χ3v) is 10.4. The van der Waals surface area contributed by atoms with E-state index in [1.165, 1.54) is 70.9 Å². The Bertz CT molecular complexity index is 1600. The summed E-state index contributed by atoms with van der Waals surface area (Å²) in [7, 11) is -6.36. The van der Waals surface area contributed by atoms with Crippen LogP contribution in [0.1, 0.15) is 24.2 Å². The Morgan fingerprint density at radius 3 is 2.34 bits per heavy atom. The minimum absolute atomic E-state index is 0.0382. The maximum absolute atomic E-state index is 13.7. The van der Waals surface area contributed by atoms with Gasteiger partial charge in [0.1, 0.15) is 11.9 Å². The predicted octanol–water partition coefficient (Wildman–Crippen LogP) is 3.68. The number of carbonyl (C=O) groups excluding carboxylic acids is 1. The maximum atomic E-state index is 13.7. The van der Waals surface area contributed by atoms with E-state index >= 15 is 0 Å². The topological polar surface area (TPSA) is 133 Å². The second-order valence-corrected chi connectivity index (χ2v) is 14.2. The van der Waals surface area contributed by atoms with E-state index in [0.29, 0.717) is 5.02 Å². The van der Waals surface area contributed by atoms with E-state index in [0.717, 1.165) is 0 Å². The fourth-order valence-electron chi connectivity index (χ4n) is 4.46. The molecular weight excluding hydrogens is 590 g/mol. The van der Waals surface area contributed by atoms with E-state index in [2.05, 4.69) is 4.72 Å². The lowest BCUT2D eigenvalue weighted by Gasteiger charge is -2.38. The molecule has 0 spiro atoms. The third kappa shape index (κ3) is 6.84. The number of sulfonamides is 2. The van der Waals surface area contributed by atoms with Crippen LogP contribution in [0.2, 0.25) is 5.02 Å². The highest BCUT2D eigenvalue weighted by Gasteiger charge is 2.35. The Morgan fingerprint density at radius 1 is 1.05 bits per heavy atom. The Hall–Kier alpha value is -3.16. The number of carbonyl (C=O) groups is 1. The number of halogens is 1. The summed E-state index contributed by atoms with van der Waals surface area (Å²) in [5.74, 6) is -0.614. The number of aliphatic hydroxyl groups excluding tert-OH is 1. The standard InChI is InChI=1S/C28H32ClN3O7S2/c1-19-16-32(20(2)18-33)28(34)25-15-22(30-40(35,36)23-7-5-4-6-8-23)11-14-26(25)39-27(19)17-31(3)41(37,38)24-12-9-21(29)10-13-24/h4-15,19-20,27,30,33H,16-18H2,1-3H3/t19-,20-,27+/m0/s1. The summed E-state index contributed by atoms with van der Waals surface area (Å²) in [5, 5.41) is 10.3. The van der Waals surface area contributed by atoms with Crippen molar-refractivity contribution in [2.24, 2.45) is 5.92 Å². The molecule has 10 nitrogen and oxygen atoms in total. The van der Waals surface area contributed by atoms with Crippen LogP contribution < -0.4 is 9.46 Å². The number of benzene rings is 3. The van der Waals surface area contributed by atoms with E-state index in [9.17, 15) is 26.7 Å². The number of amides is 1. The van der Waals surface area contributed by atoms with Gasteiger partial charge in [-0.15, -0.1) is 0 Å². The van der Waals surface area contributed by atoms with Crippen LogP contribution in [0.3, 0.4) is 0 Å². The highest BCUT2D eigenvalue weighted by Crippen LogP contribution is 2.32. The predicted molar refractivity (Wildman–Crippen MR) is 156 cm³/mol. The van der Waals surface area contributed by atoms with Crippen molar-refractivity contribution in [2.75, 3.05) is 31.5 Å². The molecule has 13 heteroatoms. The summed E-state index contributed by atoms with van der Waals surface area (Å²) in [4.78, 5) is 15.3. The van der Waals surface area contributed by atoms with Gasteiger partial charge in [-0.3, -0.25) is 9.52 Å². The summed E-state index contributed by atoms with van der Waals surface area (Å²) < 4.78 is 62.2. The summed E-state index contributed by atoms with van der Waals surface area (Å²) in [6, 6.07) is 17.4. The largest absolute Gasteiger partial charge is 0.488 e. The van der Waals surface area contributed by atoms with E-state index in [1.54, 1.807) is 25.1 Å². The molecule has 0 radical (unpaired) electrons. The van der Waals surface area contributed by atoms with Crippen LogP contribution in [0.5, 0.6) is 5.75 Å². The van der Waals surface area contributed by atoms with E-state index < -0.39 is 38.1 Å². The summed E-state index contributed by atoms with van der Waals surface area (Å²) in [6.45, 7) is 3.36. The summed E-state index contributed by atoms with van der Waals surface area (Å²) in [5.41, 5.74) is 0.229. The molecule has 0 aromatic heterocycles. The lowest BCUT2D eigenvalue weighted by molar-refractivity contribution is 0.0387. The molecule has 220 valence electrons. The molecule has 1 aliphatic rings. The highest BCUT2D eigenvalue weighted by molar-refractivity contribution is 7.92. The second-order valence-electron chi connectivity index (χ2n) is 9.99. The van der Waals surface area contributed by atoms with Gasteiger partial charge in [0, 0.05) is 30.2 Å². The fourth-order valence-corrected chi connectivity index (χ4v) is 6.84. The van der Waals surface area contributed by atoms with Crippen molar-refractivity contribution in [1.82, 2.24) is 9.21 Å². The van der Waals surface area contributed by atoms with Gasteiger partial charge in [-0.1, -0.05) is 36.7 Å². The van der Waals surface area contributed by atoms with Gasteiger partial charge < -0.3 is 14.7 Å². The molecule has 0 bridgehead atoms. The van der Waals surface area contributed by atoms with Crippen molar-refractivity contribution in [2.45, 2.75) is 35.8 Å². The average molecular weight is 622 g/mol. The van der Waals surface area contributed by atoms with E-state index in [-0.39, 0.29) is 52.4 Å². The molecule has 3 atom stereocenters. The van der Waals surface area contributed by atoms with Gasteiger partial charge in [-0.2, -0.15) is 4.31 Å². The first kappa shape index (κ1) is 30.8. The first-order chi connectivity index (χ1) is 19.3. The molecule has 0 saturated carbocycles. The molecule has 1 amide bonds. The van der Waals surface area contributed by atoms with Gasteiger partial charge >= 0.3 is 0 Å². The zero-order valence-corrected chi connectivity index (χ0v) is 25.2. The minimum Gasteiger partial charge on any atom is -0.488 e. The molecule has 0 fully saturated rings. The van der Waals surface area contributed by atoms with Crippen LogP contribution >= 0.6 is 11.6 Å². The van der Waals surface area contributed by atoms with Gasteiger partial charge in [-0.05, 0) is 61.5 Å². The number of aliphatic hydroxyl groups is 1. The third-order valence-electron chi connectivity index (χ3n) is 6.93. The molecule has 3 aromatic rings. The molecule has 1 heterocycles. The van der Waals surface area contributed by atoms with Gasteiger partial charge in [0.05, 0.1) is 34.5 Å². The number of rotatable bonds is 9. The number of anilines is 1. The number of hydrogen-bond donors (Lipinski definition) is 2. The lowest BCUT2D eigenvalue weighted by atomic mass is 9.99. The van der Waals surface area contributed by atoms with Crippen molar-refractivity contribution in [3.8, 4) is 5.75 Å². The number of hydrogen-bond acceptors (Lipinski definition) is 7. The van der Waals surface area contributed by atoms with Crippen LogP contribution in [-0.4, -0.2) is 75.9 Å². The van der Waals surface area contributed by atoms with E-state index in [1.807, 2.05) is 6.92 Å². The lowest BCUT2D eigenvalue weighted by Crippen LogP contribution is -2.50. The number of nitrogens with one attached hydrogen (secondary N) is 1. The normalized spacial score (nSPS) is 18.7. The quantitative estimate of drug-likeness (QED) is 0.372. The Labute approximate surface area is 245 Å². The zero-order valence-electron chi connectivity index (χ0n) is 22.8. The Balaban J connectivity index is 1.68. The van der Waals surface area contributed by atoms with Crippen molar-refractivity contribution in [3.63, 3.8) is 0 Å². The first-order valence-electron chi connectivity index (χ1n) is 12.9. The molecular formula is C28H32ClN3O7S2. The van der Waals surface area contributed by atoms with Crippen LogP contribution in [-0.2, 0) is 20.0 Å². The van der Waals surface area contributed by atoms with E-state index in [4.69, 9.17) is 16.3 Å². The first-order valence-corrected chi connectivity index (χ1v) is 16.2. The highest BCUT2D eigenvalue weighted by atomic mass is 35.5. The van der Waals surface area contributed by atoms with Crippen molar-refractivity contribution in [3.05, 3.63) is 83.4 Å². The fraction of sp³-hybridized carbons (Fsp3) is 0.321. The van der Waals surface area contributed by atoms with Crippen LogP contribution in [0, 0.1) is 5.92 Å². The van der Waals surface area contributed by atoms with Crippen LogP contribution in [0.15, 0.2) is 82.6 Å². The molecule has 0 saturated heterocycles. The molecule has 0 unspecified atom stereocenters. The molecule has 1 aliphatic heterocycles. The summed E-state index contributed by atoms with van der Waals surface area (Å²) >= 11 is 5.92. The summed E-state index contributed by atoms with van der Waals surface area (Å²) in [6.07, 6.45) is -0.686.